The molecule has 4 aromatic rings. The van der Waals surface area contributed by atoms with Gasteiger partial charge < -0.3 is 10.0 Å². The minimum Gasteiger partial charge on any atom is -0.477 e. The zero-order valence-corrected chi connectivity index (χ0v) is 17.4. The molecule has 4 rings (SSSR count). The Morgan fingerprint density at radius 1 is 0.833 bits per heavy atom. The molecule has 0 saturated heterocycles. The van der Waals surface area contributed by atoms with E-state index >= 15 is 0 Å². The van der Waals surface area contributed by atoms with Gasteiger partial charge in [0.1, 0.15) is 16.6 Å². The van der Waals surface area contributed by atoms with Gasteiger partial charge in [-0.05, 0) is 54.6 Å². The van der Waals surface area contributed by atoms with Gasteiger partial charge in [-0.25, -0.2) is 4.79 Å². The first-order chi connectivity index (χ1) is 14.7. The van der Waals surface area contributed by atoms with Crippen LogP contribution in [0, 0.1) is 11.3 Å². The molecular weight excluding hydrogens is 412 g/mol. The number of carbonyl (C=O) groups is 1. The minimum absolute atomic E-state index is 0.269. The van der Waals surface area contributed by atoms with E-state index in [2.05, 4.69) is 41.3 Å². The van der Waals surface area contributed by atoms with Gasteiger partial charge in [0.25, 0.3) is 0 Å². The summed E-state index contributed by atoms with van der Waals surface area (Å²) in [6.07, 6.45) is 1.41. The van der Waals surface area contributed by atoms with E-state index in [1.165, 1.54) is 17.4 Å². The summed E-state index contributed by atoms with van der Waals surface area (Å²) in [5.41, 5.74) is 1.88. The average molecular weight is 429 g/mol. The van der Waals surface area contributed by atoms with Crippen LogP contribution in [0.3, 0.4) is 0 Å². The van der Waals surface area contributed by atoms with E-state index in [0.717, 1.165) is 31.0 Å². The molecule has 1 N–H and O–H groups in total. The number of hydrogen-bond donors (Lipinski definition) is 1. The van der Waals surface area contributed by atoms with E-state index < -0.39 is 5.97 Å². The quantitative estimate of drug-likeness (QED) is 0.267. The standard InChI is InChI=1S/C24H16N2O2S2/c25-16-17(24(27)28)15-20-11-12-21(29-20)22-13-14-23(30-22)26(18-7-3-1-4-8-18)19-9-5-2-6-10-19/h1-15H,(H,27,28)/b17-15+. The average Bonchev–Trinajstić information content (AvgIpc) is 3.43. The van der Waals surface area contributed by atoms with E-state index in [4.69, 9.17) is 10.4 Å². The van der Waals surface area contributed by atoms with Crippen LogP contribution in [0.25, 0.3) is 15.8 Å². The minimum atomic E-state index is -1.22. The van der Waals surface area contributed by atoms with Crippen LogP contribution in [0.2, 0.25) is 0 Å². The summed E-state index contributed by atoms with van der Waals surface area (Å²) in [5, 5.41) is 19.1. The number of hydrogen-bond acceptors (Lipinski definition) is 5. The number of rotatable bonds is 6. The number of thiophene rings is 2. The Kier molecular flexibility index (Phi) is 5.75. The van der Waals surface area contributed by atoms with E-state index in [9.17, 15) is 4.79 Å². The summed E-state index contributed by atoms with van der Waals surface area (Å²) in [6.45, 7) is 0. The molecule has 0 aliphatic heterocycles. The van der Waals surface area contributed by atoms with Crippen LogP contribution in [-0.2, 0) is 4.79 Å². The lowest BCUT2D eigenvalue weighted by Crippen LogP contribution is -2.07. The Balaban J connectivity index is 1.69. The van der Waals surface area contributed by atoms with Crippen molar-refractivity contribution in [3.63, 3.8) is 0 Å². The fourth-order valence-corrected chi connectivity index (χ4v) is 5.07. The van der Waals surface area contributed by atoms with Gasteiger partial charge in [0.2, 0.25) is 0 Å². The molecule has 0 aliphatic carbocycles. The SMILES string of the molecule is N#C/C(=C\c1ccc(-c2ccc(N(c3ccccc3)c3ccccc3)s2)s1)C(=O)O. The van der Waals surface area contributed by atoms with E-state index in [1.54, 1.807) is 17.4 Å². The van der Waals surface area contributed by atoms with Gasteiger partial charge in [-0.3, -0.25) is 0 Å². The van der Waals surface area contributed by atoms with Gasteiger partial charge in [-0.15, -0.1) is 22.7 Å². The third kappa shape index (κ3) is 4.18. The lowest BCUT2D eigenvalue weighted by Gasteiger charge is -2.23. The molecule has 0 radical (unpaired) electrons. The molecule has 0 unspecified atom stereocenters. The number of para-hydroxylation sites is 2. The lowest BCUT2D eigenvalue weighted by atomic mass is 10.2. The van der Waals surface area contributed by atoms with Crippen LogP contribution in [0.4, 0.5) is 16.4 Å². The van der Waals surface area contributed by atoms with Crippen molar-refractivity contribution >= 4 is 51.1 Å². The van der Waals surface area contributed by atoms with Gasteiger partial charge in [0.05, 0.1) is 0 Å². The second-order valence-electron chi connectivity index (χ2n) is 6.32. The Hall–Kier alpha value is -3.66. The molecule has 2 aromatic carbocycles. The Morgan fingerprint density at radius 2 is 1.40 bits per heavy atom. The maximum absolute atomic E-state index is 11.1. The van der Waals surface area contributed by atoms with Crippen LogP contribution >= 0.6 is 22.7 Å². The van der Waals surface area contributed by atoms with Gasteiger partial charge in [-0.2, -0.15) is 5.26 Å². The first kappa shape index (κ1) is 19.6. The topological polar surface area (TPSA) is 64.3 Å². The summed E-state index contributed by atoms with van der Waals surface area (Å²) in [7, 11) is 0. The van der Waals surface area contributed by atoms with Crippen molar-refractivity contribution in [2.75, 3.05) is 4.90 Å². The molecule has 4 nitrogen and oxygen atoms in total. The van der Waals surface area contributed by atoms with Gasteiger partial charge in [0.15, 0.2) is 0 Å². The molecule has 0 spiro atoms. The number of nitriles is 1. The molecule has 30 heavy (non-hydrogen) atoms. The Labute approximate surface area is 182 Å². The third-order valence-corrected chi connectivity index (χ3v) is 6.65. The highest BCUT2D eigenvalue weighted by Crippen LogP contribution is 2.43. The molecule has 2 aromatic heterocycles. The predicted octanol–water partition coefficient (Wildman–Crippen LogP) is 6.94. The monoisotopic (exact) mass is 428 g/mol. The fourth-order valence-electron chi connectivity index (χ4n) is 2.98. The summed E-state index contributed by atoms with van der Waals surface area (Å²) in [6, 6.07) is 30.1. The second kappa shape index (κ2) is 8.78. The molecule has 0 aliphatic rings. The van der Waals surface area contributed by atoms with Crippen molar-refractivity contribution in [2.45, 2.75) is 0 Å². The number of carboxylic acid groups (broad SMARTS) is 1. The Bertz CT molecular complexity index is 1200. The largest absolute Gasteiger partial charge is 0.477 e. The maximum atomic E-state index is 11.1. The zero-order valence-electron chi connectivity index (χ0n) is 15.7. The van der Waals surface area contributed by atoms with Crippen molar-refractivity contribution < 1.29 is 9.90 Å². The van der Waals surface area contributed by atoms with Crippen molar-refractivity contribution in [1.29, 1.82) is 5.26 Å². The Morgan fingerprint density at radius 3 is 1.97 bits per heavy atom. The first-order valence-corrected chi connectivity index (χ1v) is 10.7. The molecule has 0 fully saturated rings. The normalized spacial score (nSPS) is 11.1. The second-order valence-corrected chi connectivity index (χ2v) is 8.50. The number of aliphatic carboxylic acids is 1. The van der Waals surface area contributed by atoms with Gasteiger partial charge >= 0.3 is 5.97 Å². The molecule has 2 heterocycles. The number of anilines is 3. The van der Waals surface area contributed by atoms with Gasteiger partial charge in [-0.1, -0.05) is 36.4 Å². The van der Waals surface area contributed by atoms with E-state index in [1.807, 2.05) is 48.5 Å². The highest BCUT2D eigenvalue weighted by molar-refractivity contribution is 7.24. The highest BCUT2D eigenvalue weighted by Gasteiger charge is 2.15. The molecule has 6 heteroatoms. The molecule has 146 valence electrons. The third-order valence-electron chi connectivity index (χ3n) is 4.35. The van der Waals surface area contributed by atoms with E-state index in [-0.39, 0.29) is 5.57 Å². The van der Waals surface area contributed by atoms with Gasteiger partial charge in [0, 0.05) is 26.0 Å². The van der Waals surface area contributed by atoms with Crippen LogP contribution in [0.1, 0.15) is 4.88 Å². The summed E-state index contributed by atoms with van der Waals surface area (Å²) < 4.78 is 0. The van der Waals surface area contributed by atoms with Crippen LogP contribution in [0.15, 0.2) is 90.5 Å². The fraction of sp³-hybridized carbons (Fsp3) is 0. The predicted molar refractivity (Wildman–Crippen MR) is 124 cm³/mol. The summed E-state index contributed by atoms with van der Waals surface area (Å²) in [4.78, 5) is 16.1. The number of nitrogens with zero attached hydrogens (tertiary/aromatic N) is 2. The van der Waals surface area contributed by atoms with E-state index in [0.29, 0.717) is 0 Å². The molecular formula is C24H16N2O2S2. The molecule has 0 saturated carbocycles. The molecule has 0 atom stereocenters. The highest BCUT2D eigenvalue weighted by atomic mass is 32.1. The number of benzene rings is 2. The van der Waals surface area contributed by atoms with Crippen molar-refractivity contribution in [3.05, 3.63) is 95.4 Å². The van der Waals surface area contributed by atoms with Crippen molar-refractivity contribution in [1.82, 2.24) is 0 Å². The number of carboxylic acids is 1. The maximum Gasteiger partial charge on any atom is 0.346 e. The first-order valence-electron chi connectivity index (χ1n) is 9.11. The van der Waals surface area contributed by atoms with Crippen molar-refractivity contribution in [3.8, 4) is 15.8 Å². The van der Waals surface area contributed by atoms with Crippen LogP contribution in [0.5, 0.6) is 0 Å². The molecule has 0 amide bonds. The lowest BCUT2D eigenvalue weighted by molar-refractivity contribution is -0.132. The van der Waals surface area contributed by atoms with Crippen LogP contribution < -0.4 is 4.90 Å². The smallest absolute Gasteiger partial charge is 0.346 e. The van der Waals surface area contributed by atoms with Crippen molar-refractivity contribution in [2.24, 2.45) is 0 Å². The summed E-state index contributed by atoms with van der Waals surface area (Å²) >= 11 is 3.13. The zero-order chi connectivity index (χ0) is 20.9. The van der Waals surface area contributed by atoms with Crippen LogP contribution in [-0.4, -0.2) is 11.1 Å². The molecule has 0 bridgehead atoms. The summed E-state index contributed by atoms with van der Waals surface area (Å²) in [5.74, 6) is -1.22.